The topological polar surface area (TPSA) is 96.0 Å². The second-order valence-corrected chi connectivity index (χ2v) is 13.6. The van der Waals surface area contributed by atoms with Gasteiger partial charge in [0.15, 0.2) is 0 Å². The summed E-state index contributed by atoms with van der Waals surface area (Å²) in [7, 11) is -4.20. The third kappa shape index (κ3) is 8.86. The number of carbonyl (C=O) groups is 2. The maximum atomic E-state index is 14.0. The van der Waals surface area contributed by atoms with Crippen molar-refractivity contribution < 1.29 is 22.7 Å². The van der Waals surface area contributed by atoms with Crippen LogP contribution in [0.4, 0.5) is 5.69 Å². The lowest BCUT2D eigenvalue weighted by molar-refractivity contribution is -0.139. The van der Waals surface area contributed by atoms with Crippen molar-refractivity contribution in [1.82, 2.24) is 10.2 Å². The van der Waals surface area contributed by atoms with E-state index >= 15 is 0 Å². The van der Waals surface area contributed by atoms with Gasteiger partial charge in [0.05, 0.1) is 17.2 Å². The molecule has 0 aliphatic heterocycles. The molecule has 0 fully saturated rings. The molecule has 1 atom stereocenters. The zero-order chi connectivity index (χ0) is 31.0. The molecule has 0 aliphatic carbocycles. The second-order valence-electron chi connectivity index (χ2n) is 9.96. The summed E-state index contributed by atoms with van der Waals surface area (Å²) in [4.78, 5) is 28.5. The molecule has 0 saturated carbocycles. The quantitative estimate of drug-likeness (QED) is 0.219. The lowest BCUT2D eigenvalue weighted by Gasteiger charge is -2.32. The number of nitrogens with zero attached hydrogens (tertiary/aromatic N) is 2. The maximum absolute atomic E-state index is 14.0. The van der Waals surface area contributed by atoms with Gasteiger partial charge in [-0.2, -0.15) is 0 Å². The van der Waals surface area contributed by atoms with Crippen LogP contribution in [0.2, 0.25) is 10.0 Å². The highest BCUT2D eigenvalue weighted by Crippen LogP contribution is 2.28. The van der Waals surface area contributed by atoms with E-state index in [4.69, 9.17) is 27.9 Å². The monoisotopic (exact) mass is 697 g/mol. The number of carbonyl (C=O) groups excluding carboxylic acids is 2. The lowest BCUT2D eigenvalue weighted by Crippen LogP contribution is -2.51. The van der Waals surface area contributed by atoms with Crippen molar-refractivity contribution in [3.8, 4) is 5.75 Å². The molecule has 0 spiro atoms. The fourth-order valence-electron chi connectivity index (χ4n) is 4.01. The van der Waals surface area contributed by atoms with Gasteiger partial charge >= 0.3 is 0 Å². The van der Waals surface area contributed by atoms with Crippen molar-refractivity contribution in [3.05, 3.63) is 86.8 Å². The molecule has 0 bridgehead atoms. The summed E-state index contributed by atoms with van der Waals surface area (Å²) in [5, 5.41) is 3.60. The van der Waals surface area contributed by atoms with E-state index in [-0.39, 0.29) is 29.0 Å². The standard InChI is InChI=1S/C30H34BrCl2N3O5S/c1-5-41-26-12-10-25(11-13-26)36(42(39,40)27-14-7-23(31)8-15-27)19-29(37)35(21(4)30(38)34-17-20(2)3)18-22-6-9-24(32)16-28(22)33/h6-16,20-21H,5,17-19H2,1-4H3,(H,34,38)/t21-/m1/s1. The highest BCUT2D eigenvalue weighted by atomic mass is 79.9. The molecule has 1 N–H and O–H groups in total. The van der Waals surface area contributed by atoms with Gasteiger partial charge in [-0.25, -0.2) is 8.42 Å². The Morgan fingerprint density at radius 3 is 2.19 bits per heavy atom. The van der Waals surface area contributed by atoms with Crippen LogP contribution in [0.15, 0.2) is 76.1 Å². The number of hydrogen-bond acceptors (Lipinski definition) is 5. The number of rotatable bonds is 13. The Morgan fingerprint density at radius 2 is 1.62 bits per heavy atom. The third-order valence-electron chi connectivity index (χ3n) is 6.32. The number of ether oxygens (including phenoxy) is 1. The van der Waals surface area contributed by atoms with Gasteiger partial charge in [0.1, 0.15) is 18.3 Å². The van der Waals surface area contributed by atoms with E-state index in [9.17, 15) is 18.0 Å². The van der Waals surface area contributed by atoms with Crippen molar-refractivity contribution in [2.75, 3.05) is 24.0 Å². The minimum Gasteiger partial charge on any atom is -0.494 e. The molecule has 0 aromatic heterocycles. The van der Waals surface area contributed by atoms with Crippen LogP contribution in [0.3, 0.4) is 0 Å². The Morgan fingerprint density at radius 1 is 0.976 bits per heavy atom. The van der Waals surface area contributed by atoms with E-state index in [1.807, 2.05) is 20.8 Å². The number of sulfonamides is 1. The van der Waals surface area contributed by atoms with Gasteiger partial charge in [-0.3, -0.25) is 13.9 Å². The summed E-state index contributed by atoms with van der Waals surface area (Å²) >= 11 is 15.8. The molecular weight excluding hydrogens is 665 g/mol. The van der Waals surface area contributed by atoms with E-state index in [0.29, 0.717) is 39.0 Å². The normalized spacial score (nSPS) is 12.1. The van der Waals surface area contributed by atoms with Crippen LogP contribution in [-0.4, -0.2) is 50.9 Å². The van der Waals surface area contributed by atoms with E-state index in [1.54, 1.807) is 61.5 Å². The van der Waals surface area contributed by atoms with Crippen LogP contribution in [0.1, 0.15) is 33.3 Å². The molecule has 0 unspecified atom stereocenters. The average Bonchev–Trinajstić information content (AvgIpc) is 2.94. The molecule has 226 valence electrons. The molecule has 3 aromatic carbocycles. The SMILES string of the molecule is CCOc1ccc(N(CC(=O)N(Cc2ccc(Cl)cc2Cl)[C@H](C)C(=O)NCC(C)C)S(=O)(=O)c2ccc(Br)cc2)cc1. The maximum Gasteiger partial charge on any atom is 0.264 e. The number of amides is 2. The predicted octanol–water partition coefficient (Wildman–Crippen LogP) is 6.54. The van der Waals surface area contributed by atoms with Crippen molar-refractivity contribution in [2.45, 2.75) is 45.2 Å². The molecule has 0 saturated heterocycles. The average molecular weight is 699 g/mol. The number of nitrogens with one attached hydrogen (secondary N) is 1. The van der Waals surface area contributed by atoms with Crippen molar-refractivity contribution in [2.24, 2.45) is 5.92 Å². The van der Waals surface area contributed by atoms with Gasteiger partial charge in [-0.15, -0.1) is 0 Å². The van der Waals surface area contributed by atoms with Crippen LogP contribution in [0, 0.1) is 5.92 Å². The van der Waals surface area contributed by atoms with Crippen LogP contribution in [-0.2, 0) is 26.2 Å². The highest BCUT2D eigenvalue weighted by molar-refractivity contribution is 9.10. The molecule has 12 heteroatoms. The Bertz CT molecular complexity index is 1490. The first-order valence-electron chi connectivity index (χ1n) is 13.4. The molecule has 8 nitrogen and oxygen atoms in total. The van der Waals surface area contributed by atoms with Crippen LogP contribution in [0.5, 0.6) is 5.75 Å². The van der Waals surface area contributed by atoms with Gasteiger partial charge in [0.25, 0.3) is 10.0 Å². The van der Waals surface area contributed by atoms with Crippen LogP contribution in [0.25, 0.3) is 0 Å². The summed E-state index contributed by atoms with van der Waals surface area (Å²) in [6.07, 6.45) is 0. The van der Waals surface area contributed by atoms with Crippen molar-refractivity contribution in [3.63, 3.8) is 0 Å². The summed E-state index contributed by atoms with van der Waals surface area (Å²) in [6, 6.07) is 16.5. The number of hydrogen-bond donors (Lipinski definition) is 1. The van der Waals surface area contributed by atoms with E-state index in [2.05, 4.69) is 21.2 Å². The number of benzene rings is 3. The van der Waals surface area contributed by atoms with Gasteiger partial charge in [0.2, 0.25) is 11.8 Å². The molecule has 3 aromatic rings. The van der Waals surface area contributed by atoms with Crippen LogP contribution >= 0.6 is 39.1 Å². The molecule has 0 radical (unpaired) electrons. The molecular formula is C30H34BrCl2N3O5S. The Labute approximate surface area is 266 Å². The van der Waals surface area contributed by atoms with Crippen molar-refractivity contribution in [1.29, 1.82) is 0 Å². The fourth-order valence-corrected chi connectivity index (χ4v) is 6.15. The van der Waals surface area contributed by atoms with Gasteiger partial charge < -0.3 is 15.0 Å². The molecule has 42 heavy (non-hydrogen) atoms. The Hall–Kier alpha value is -2.79. The first-order valence-corrected chi connectivity index (χ1v) is 16.3. The number of anilines is 1. The first-order chi connectivity index (χ1) is 19.8. The van der Waals surface area contributed by atoms with Crippen molar-refractivity contribution >= 4 is 66.7 Å². The zero-order valence-corrected chi connectivity index (χ0v) is 27.7. The molecule has 0 heterocycles. The van der Waals surface area contributed by atoms with E-state index in [0.717, 1.165) is 4.31 Å². The Balaban J connectivity index is 2.04. The highest BCUT2D eigenvalue weighted by Gasteiger charge is 2.33. The molecule has 2 amide bonds. The molecule has 3 rings (SSSR count). The number of halogens is 3. The van der Waals surface area contributed by atoms with E-state index in [1.165, 1.54) is 17.0 Å². The Kier molecular flexibility index (Phi) is 12.1. The van der Waals surface area contributed by atoms with Gasteiger partial charge in [0, 0.05) is 27.6 Å². The lowest BCUT2D eigenvalue weighted by atomic mass is 10.1. The summed E-state index contributed by atoms with van der Waals surface area (Å²) in [6.45, 7) is 7.62. The largest absolute Gasteiger partial charge is 0.494 e. The van der Waals surface area contributed by atoms with E-state index < -0.39 is 28.5 Å². The summed E-state index contributed by atoms with van der Waals surface area (Å²) in [5.41, 5.74) is 0.817. The van der Waals surface area contributed by atoms with Gasteiger partial charge in [-0.1, -0.05) is 59.0 Å². The van der Waals surface area contributed by atoms with Gasteiger partial charge in [-0.05, 0) is 86.0 Å². The zero-order valence-electron chi connectivity index (χ0n) is 23.8. The summed E-state index contributed by atoms with van der Waals surface area (Å²) in [5.74, 6) is -0.210. The minimum atomic E-state index is -4.20. The minimum absolute atomic E-state index is 0.00223. The second kappa shape index (κ2) is 15.1. The fraction of sp³-hybridized carbons (Fsp3) is 0.333. The third-order valence-corrected chi connectivity index (χ3v) is 9.23. The summed E-state index contributed by atoms with van der Waals surface area (Å²) < 4.78 is 35.1. The van der Waals surface area contributed by atoms with Crippen LogP contribution < -0.4 is 14.4 Å². The smallest absolute Gasteiger partial charge is 0.264 e. The molecule has 0 aliphatic rings. The first kappa shape index (κ1) is 33.7. The predicted molar refractivity (Wildman–Crippen MR) is 171 cm³/mol.